The molecule has 0 bridgehead atoms. The maximum absolute atomic E-state index is 13.3. The van der Waals surface area contributed by atoms with Gasteiger partial charge in [0.15, 0.2) is 5.41 Å². The minimum atomic E-state index is -4.91. The van der Waals surface area contributed by atoms with Crippen molar-refractivity contribution < 1.29 is 27.9 Å². The zero-order valence-corrected chi connectivity index (χ0v) is 14.4. The van der Waals surface area contributed by atoms with Gasteiger partial charge in [-0.2, -0.15) is 18.3 Å². The lowest BCUT2D eigenvalue weighted by Gasteiger charge is -2.27. The molecule has 2 rings (SSSR count). The van der Waals surface area contributed by atoms with Crippen molar-refractivity contribution in [2.24, 2.45) is 5.41 Å². The third-order valence-corrected chi connectivity index (χ3v) is 5.07. The van der Waals surface area contributed by atoms with E-state index in [-0.39, 0.29) is 18.2 Å². The summed E-state index contributed by atoms with van der Waals surface area (Å²) in [5, 5.41) is 13.3. The number of likely N-dealkylation sites (tertiary alicyclic amines) is 1. The molecule has 1 atom stereocenters. The van der Waals surface area contributed by atoms with Crippen molar-refractivity contribution in [3.05, 3.63) is 17.5 Å². The van der Waals surface area contributed by atoms with E-state index in [0.717, 1.165) is 17.7 Å². The van der Waals surface area contributed by atoms with Gasteiger partial charge in [-0.25, -0.2) is 0 Å². The van der Waals surface area contributed by atoms with Gasteiger partial charge in [0.25, 0.3) is 5.91 Å². The van der Waals surface area contributed by atoms with Crippen LogP contribution in [0.1, 0.15) is 55.2 Å². The molecule has 0 aromatic carbocycles. The summed E-state index contributed by atoms with van der Waals surface area (Å²) in [5.41, 5.74) is -2.10. The highest BCUT2D eigenvalue weighted by Gasteiger charge is 2.64. The summed E-state index contributed by atoms with van der Waals surface area (Å²) < 4.78 is 41.5. The number of aliphatic carboxylic acids is 1. The van der Waals surface area contributed by atoms with Crippen LogP contribution < -0.4 is 0 Å². The Morgan fingerprint density at radius 3 is 2.40 bits per heavy atom. The number of halogens is 3. The molecule has 0 spiro atoms. The van der Waals surface area contributed by atoms with Crippen molar-refractivity contribution in [2.75, 3.05) is 13.1 Å². The van der Waals surface area contributed by atoms with Gasteiger partial charge in [-0.1, -0.05) is 13.8 Å². The Morgan fingerprint density at radius 1 is 1.36 bits per heavy atom. The maximum Gasteiger partial charge on any atom is 0.406 e. The van der Waals surface area contributed by atoms with Crippen molar-refractivity contribution in [3.63, 3.8) is 0 Å². The van der Waals surface area contributed by atoms with Crippen LogP contribution in [0.3, 0.4) is 0 Å². The maximum atomic E-state index is 13.3. The quantitative estimate of drug-likeness (QED) is 0.875. The highest BCUT2D eigenvalue weighted by atomic mass is 19.4. The molecule has 1 aromatic rings. The molecule has 2 heterocycles. The molecule has 1 amide bonds. The normalized spacial score (nSPS) is 21.2. The molecule has 0 radical (unpaired) electrons. The fourth-order valence-corrected chi connectivity index (χ4v) is 3.32. The molecule has 1 aliphatic rings. The Kier molecular flexibility index (Phi) is 5.15. The Hall–Kier alpha value is -2.06. The molecule has 0 saturated carbocycles. The van der Waals surface area contributed by atoms with Gasteiger partial charge in [-0.3, -0.25) is 14.3 Å². The second kappa shape index (κ2) is 6.68. The van der Waals surface area contributed by atoms with E-state index in [4.69, 9.17) is 5.11 Å². The van der Waals surface area contributed by atoms with Gasteiger partial charge in [0.05, 0.1) is 17.8 Å². The standard InChI is InChI=1S/C16H22F3N3O3/c1-4-11(5-2)22-10(3)12(8-20-22)13(23)21-7-6-15(9-21,14(24)25)16(17,18)19/h8,11H,4-7,9H2,1-3H3,(H,24,25). The molecule has 6 nitrogen and oxygen atoms in total. The van der Waals surface area contributed by atoms with Gasteiger partial charge < -0.3 is 10.0 Å². The number of carboxylic acids is 1. The third kappa shape index (κ3) is 3.11. The fourth-order valence-electron chi connectivity index (χ4n) is 3.32. The molecular formula is C16H22F3N3O3. The highest BCUT2D eigenvalue weighted by Crippen LogP contribution is 2.46. The van der Waals surface area contributed by atoms with Crippen molar-refractivity contribution in [1.82, 2.24) is 14.7 Å². The average Bonchev–Trinajstić information content (AvgIpc) is 3.13. The van der Waals surface area contributed by atoms with E-state index in [9.17, 15) is 22.8 Å². The lowest BCUT2D eigenvalue weighted by atomic mass is 9.86. The molecule has 140 valence electrons. The number of carboxylic acid groups (broad SMARTS) is 1. The number of carbonyl (C=O) groups excluding carboxylic acids is 1. The SMILES string of the molecule is CCC(CC)n1ncc(C(=O)N2CCC(C(=O)O)(C(F)(F)F)C2)c1C. The Balaban J connectivity index is 2.27. The summed E-state index contributed by atoms with van der Waals surface area (Å²) in [6, 6.07) is 0.105. The van der Waals surface area contributed by atoms with E-state index >= 15 is 0 Å². The van der Waals surface area contributed by atoms with E-state index in [2.05, 4.69) is 5.10 Å². The average molecular weight is 361 g/mol. The van der Waals surface area contributed by atoms with Crippen LogP contribution in [0, 0.1) is 12.3 Å². The molecule has 1 fully saturated rings. The first-order valence-corrected chi connectivity index (χ1v) is 8.22. The van der Waals surface area contributed by atoms with Crippen LogP contribution in [-0.4, -0.2) is 50.9 Å². The van der Waals surface area contributed by atoms with Gasteiger partial charge in [-0.05, 0) is 26.2 Å². The number of aromatic nitrogens is 2. The lowest BCUT2D eigenvalue weighted by molar-refractivity contribution is -0.227. The van der Waals surface area contributed by atoms with Crippen molar-refractivity contribution in [2.45, 2.75) is 52.3 Å². The van der Waals surface area contributed by atoms with Crippen LogP contribution in [0.2, 0.25) is 0 Å². The van der Waals surface area contributed by atoms with E-state index in [0.29, 0.717) is 5.69 Å². The van der Waals surface area contributed by atoms with Gasteiger partial charge in [-0.15, -0.1) is 0 Å². The number of rotatable bonds is 5. The number of hydrogen-bond donors (Lipinski definition) is 1. The van der Waals surface area contributed by atoms with Crippen LogP contribution in [0.25, 0.3) is 0 Å². The Labute approximate surface area is 143 Å². The minimum absolute atomic E-state index is 0.105. The van der Waals surface area contributed by atoms with Crippen LogP contribution in [0.4, 0.5) is 13.2 Å². The zero-order valence-electron chi connectivity index (χ0n) is 14.4. The van der Waals surface area contributed by atoms with Crippen molar-refractivity contribution in [1.29, 1.82) is 0 Å². The molecule has 1 aromatic heterocycles. The smallest absolute Gasteiger partial charge is 0.406 e. The van der Waals surface area contributed by atoms with Gasteiger partial charge in [0.2, 0.25) is 0 Å². The fraction of sp³-hybridized carbons (Fsp3) is 0.688. The summed E-state index contributed by atoms with van der Waals surface area (Å²) in [4.78, 5) is 24.8. The molecule has 0 aliphatic carbocycles. The first-order chi connectivity index (χ1) is 11.6. The molecule has 9 heteroatoms. The number of hydrogen-bond acceptors (Lipinski definition) is 3. The largest absolute Gasteiger partial charge is 0.481 e. The van der Waals surface area contributed by atoms with Crippen molar-refractivity contribution in [3.8, 4) is 0 Å². The van der Waals surface area contributed by atoms with Crippen LogP contribution >= 0.6 is 0 Å². The second-order valence-corrected chi connectivity index (χ2v) is 6.42. The summed E-state index contributed by atoms with van der Waals surface area (Å²) >= 11 is 0. The molecule has 1 N–H and O–H groups in total. The zero-order chi connectivity index (χ0) is 19.0. The first kappa shape index (κ1) is 19.3. The second-order valence-electron chi connectivity index (χ2n) is 6.42. The van der Waals surface area contributed by atoms with Crippen LogP contribution in [-0.2, 0) is 4.79 Å². The van der Waals surface area contributed by atoms with Gasteiger partial charge in [0, 0.05) is 18.8 Å². The summed E-state index contributed by atoms with van der Waals surface area (Å²) in [5.74, 6) is -2.55. The van der Waals surface area contributed by atoms with E-state index < -0.39 is 36.4 Å². The summed E-state index contributed by atoms with van der Waals surface area (Å²) in [7, 11) is 0. The van der Waals surface area contributed by atoms with E-state index in [1.54, 1.807) is 11.6 Å². The van der Waals surface area contributed by atoms with E-state index in [1.807, 2.05) is 13.8 Å². The topological polar surface area (TPSA) is 75.4 Å². The van der Waals surface area contributed by atoms with Crippen LogP contribution in [0.15, 0.2) is 6.20 Å². The van der Waals surface area contributed by atoms with Crippen molar-refractivity contribution >= 4 is 11.9 Å². The summed E-state index contributed by atoms with van der Waals surface area (Å²) in [6.45, 7) is 4.55. The lowest BCUT2D eigenvalue weighted by Crippen LogP contribution is -2.47. The number of alkyl halides is 3. The number of nitrogens with zero attached hydrogens (tertiary/aromatic N) is 3. The van der Waals surface area contributed by atoms with Gasteiger partial charge in [0.1, 0.15) is 0 Å². The monoisotopic (exact) mass is 361 g/mol. The molecular weight excluding hydrogens is 339 g/mol. The predicted molar refractivity (Wildman–Crippen MR) is 83.2 cm³/mol. The highest BCUT2D eigenvalue weighted by molar-refractivity contribution is 5.96. The summed E-state index contributed by atoms with van der Waals surface area (Å²) in [6.07, 6.45) is -2.58. The third-order valence-electron chi connectivity index (χ3n) is 5.07. The van der Waals surface area contributed by atoms with Crippen LogP contribution in [0.5, 0.6) is 0 Å². The molecule has 1 unspecified atom stereocenters. The molecule has 1 saturated heterocycles. The number of amides is 1. The Bertz CT molecular complexity index is 667. The van der Waals surface area contributed by atoms with E-state index in [1.165, 1.54) is 6.20 Å². The Morgan fingerprint density at radius 2 is 1.96 bits per heavy atom. The molecule has 1 aliphatic heterocycles. The van der Waals surface area contributed by atoms with Gasteiger partial charge >= 0.3 is 12.1 Å². The first-order valence-electron chi connectivity index (χ1n) is 8.22. The minimum Gasteiger partial charge on any atom is -0.481 e. The predicted octanol–water partition coefficient (Wildman–Crippen LogP) is 3.03. The number of carbonyl (C=O) groups is 2. The molecule has 25 heavy (non-hydrogen) atoms.